The van der Waals surface area contributed by atoms with Gasteiger partial charge in [-0.1, -0.05) is 0 Å². The van der Waals surface area contributed by atoms with Gasteiger partial charge < -0.3 is 14.8 Å². The van der Waals surface area contributed by atoms with Crippen LogP contribution in [0.3, 0.4) is 0 Å². The second kappa shape index (κ2) is 6.79. The molecule has 0 saturated carbocycles. The number of phenolic OH excluding ortho intramolecular Hbond substituents is 2. The molecule has 8 nitrogen and oxygen atoms in total. The van der Waals surface area contributed by atoms with E-state index in [1.165, 1.54) is 13.8 Å². The standard InChI is InChI=1S/C13H15NO7S.K/c1-5-6(2)12(17)10(7(3)11(5)16)14-9(15)4-8(13(14)18)22(19,20)21;/h8,16-17H,4H2,1-3H3,(H,19,20,21);/q;+1/p-1. The van der Waals surface area contributed by atoms with E-state index in [-0.39, 0.29) is 73.9 Å². The van der Waals surface area contributed by atoms with Crippen LogP contribution in [0.1, 0.15) is 23.1 Å². The van der Waals surface area contributed by atoms with E-state index in [1.807, 2.05) is 0 Å². The van der Waals surface area contributed by atoms with Gasteiger partial charge in [0.15, 0.2) is 0 Å². The average Bonchev–Trinajstić information content (AvgIpc) is 2.71. The van der Waals surface area contributed by atoms with Gasteiger partial charge in [0, 0.05) is 5.56 Å². The Kier molecular flexibility index (Phi) is 6.06. The summed E-state index contributed by atoms with van der Waals surface area (Å²) in [6, 6.07) is 0. The summed E-state index contributed by atoms with van der Waals surface area (Å²) in [5.74, 6) is -2.78. The minimum atomic E-state index is -4.99. The molecule has 0 radical (unpaired) electrons. The molecular formula is C13H14KNO7S. The Bertz CT molecular complexity index is 774. The number of benzene rings is 1. The van der Waals surface area contributed by atoms with Gasteiger partial charge in [-0.15, -0.1) is 0 Å². The molecule has 2 amide bonds. The van der Waals surface area contributed by atoms with Crippen molar-refractivity contribution in [1.29, 1.82) is 0 Å². The Labute approximate surface area is 175 Å². The molecule has 23 heavy (non-hydrogen) atoms. The second-order valence-electron chi connectivity index (χ2n) is 5.17. The van der Waals surface area contributed by atoms with Crippen LogP contribution in [0.15, 0.2) is 0 Å². The maximum Gasteiger partial charge on any atom is 1.00 e. The van der Waals surface area contributed by atoms with Gasteiger partial charge in [0.05, 0.1) is 6.42 Å². The fraction of sp³-hybridized carbons (Fsp3) is 0.385. The number of hydrogen-bond donors (Lipinski definition) is 2. The van der Waals surface area contributed by atoms with E-state index < -0.39 is 39.4 Å². The van der Waals surface area contributed by atoms with Crippen LogP contribution in [0.25, 0.3) is 0 Å². The molecule has 1 fully saturated rings. The van der Waals surface area contributed by atoms with Crippen LogP contribution in [0.5, 0.6) is 11.5 Å². The maximum absolute atomic E-state index is 12.1. The normalized spacial score (nSPS) is 18.3. The van der Waals surface area contributed by atoms with E-state index >= 15 is 0 Å². The number of anilines is 1. The molecule has 1 aliphatic rings. The second-order valence-corrected chi connectivity index (χ2v) is 6.73. The molecule has 1 aromatic rings. The van der Waals surface area contributed by atoms with Crippen molar-refractivity contribution in [2.45, 2.75) is 32.4 Å². The van der Waals surface area contributed by atoms with Crippen molar-refractivity contribution in [2.24, 2.45) is 0 Å². The van der Waals surface area contributed by atoms with Crippen molar-refractivity contribution < 1.29 is 84.2 Å². The quantitative estimate of drug-likeness (QED) is 0.249. The van der Waals surface area contributed by atoms with E-state index in [9.17, 15) is 32.8 Å². The zero-order valence-electron chi connectivity index (χ0n) is 13.1. The molecular weight excluding hydrogens is 353 g/mol. The Hall–Kier alpha value is -0.494. The SMILES string of the molecule is Cc1c(C)c(O)c(N2C(=O)CC(S(=O)(=O)[O-])C2=O)c(C)c1O.[K+]. The molecule has 0 bridgehead atoms. The summed E-state index contributed by atoms with van der Waals surface area (Å²) in [4.78, 5) is 24.5. The minimum absolute atomic E-state index is 0. The van der Waals surface area contributed by atoms with Gasteiger partial charge in [0.25, 0.3) is 5.91 Å². The number of imide groups is 1. The number of phenols is 2. The molecule has 2 rings (SSSR count). The van der Waals surface area contributed by atoms with Crippen molar-refractivity contribution >= 4 is 27.6 Å². The van der Waals surface area contributed by atoms with Gasteiger partial charge in [-0.25, -0.2) is 13.3 Å². The molecule has 120 valence electrons. The zero-order valence-corrected chi connectivity index (χ0v) is 17.0. The Morgan fingerprint density at radius 1 is 1.04 bits per heavy atom. The third-order valence-corrected chi connectivity index (χ3v) is 4.95. The third kappa shape index (κ3) is 3.34. The molecule has 1 aliphatic heterocycles. The molecule has 0 aliphatic carbocycles. The summed E-state index contributed by atoms with van der Waals surface area (Å²) in [6.07, 6.45) is -0.781. The monoisotopic (exact) mass is 367 g/mol. The predicted molar refractivity (Wildman–Crippen MR) is 74.6 cm³/mol. The van der Waals surface area contributed by atoms with E-state index in [4.69, 9.17) is 0 Å². The summed E-state index contributed by atoms with van der Waals surface area (Å²) < 4.78 is 33.2. The maximum atomic E-state index is 12.1. The number of amides is 2. The van der Waals surface area contributed by atoms with Crippen LogP contribution < -0.4 is 56.3 Å². The fourth-order valence-electron chi connectivity index (χ4n) is 2.44. The summed E-state index contributed by atoms with van der Waals surface area (Å²) in [6.45, 7) is 4.39. The first-order valence-electron chi connectivity index (χ1n) is 6.31. The summed E-state index contributed by atoms with van der Waals surface area (Å²) >= 11 is 0. The largest absolute Gasteiger partial charge is 1.00 e. The molecule has 1 atom stereocenters. The zero-order chi connectivity index (χ0) is 17.0. The van der Waals surface area contributed by atoms with Gasteiger partial charge >= 0.3 is 51.4 Å². The molecule has 0 aromatic heterocycles. The molecule has 1 saturated heterocycles. The third-order valence-electron chi connectivity index (χ3n) is 3.88. The summed E-state index contributed by atoms with van der Waals surface area (Å²) in [7, 11) is -4.99. The Balaban J connectivity index is 0.00000264. The summed E-state index contributed by atoms with van der Waals surface area (Å²) in [5, 5.41) is 18.2. The van der Waals surface area contributed by atoms with Crippen molar-refractivity contribution in [1.82, 2.24) is 0 Å². The first-order valence-corrected chi connectivity index (χ1v) is 7.78. The number of carbonyl (C=O) groups excluding carboxylic acids is 2. The van der Waals surface area contributed by atoms with Gasteiger partial charge in [-0.2, -0.15) is 0 Å². The van der Waals surface area contributed by atoms with Crippen LogP contribution in [0.4, 0.5) is 5.69 Å². The van der Waals surface area contributed by atoms with E-state index in [0.717, 1.165) is 0 Å². The van der Waals surface area contributed by atoms with Gasteiger partial charge in [0.2, 0.25) is 5.91 Å². The smallest absolute Gasteiger partial charge is 0.747 e. The summed E-state index contributed by atoms with van der Waals surface area (Å²) in [5.41, 5.74) is 0.367. The number of aromatic hydroxyl groups is 2. The topological polar surface area (TPSA) is 135 Å². The van der Waals surface area contributed by atoms with E-state index in [1.54, 1.807) is 6.92 Å². The average molecular weight is 367 g/mol. The van der Waals surface area contributed by atoms with Crippen molar-refractivity contribution in [2.75, 3.05) is 4.90 Å². The molecule has 1 unspecified atom stereocenters. The van der Waals surface area contributed by atoms with E-state index in [0.29, 0.717) is 10.5 Å². The Morgan fingerprint density at radius 3 is 1.96 bits per heavy atom. The van der Waals surface area contributed by atoms with Crippen LogP contribution in [-0.4, -0.2) is 40.2 Å². The van der Waals surface area contributed by atoms with Crippen molar-refractivity contribution in [3.05, 3.63) is 16.7 Å². The van der Waals surface area contributed by atoms with Gasteiger partial charge in [0.1, 0.15) is 32.6 Å². The predicted octanol–water partition coefficient (Wildman–Crippen LogP) is -2.80. The van der Waals surface area contributed by atoms with Gasteiger partial charge in [-0.3, -0.25) is 9.59 Å². The Morgan fingerprint density at radius 2 is 1.52 bits per heavy atom. The van der Waals surface area contributed by atoms with Crippen LogP contribution >= 0.6 is 0 Å². The fourth-order valence-corrected chi connectivity index (χ4v) is 3.14. The first kappa shape index (κ1) is 20.6. The molecule has 10 heteroatoms. The van der Waals surface area contributed by atoms with Gasteiger partial charge in [-0.05, 0) is 31.9 Å². The molecule has 1 heterocycles. The number of rotatable bonds is 2. The molecule has 1 aromatic carbocycles. The van der Waals surface area contributed by atoms with Crippen LogP contribution in [-0.2, 0) is 19.7 Å². The van der Waals surface area contributed by atoms with Crippen molar-refractivity contribution in [3.8, 4) is 11.5 Å². The van der Waals surface area contributed by atoms with Crippen LogP contribution in [0, 0.1) is 20.8 Å². The molecule has 0 spiro atoms. The van der Waals surface area contributed by atoms with Crippen molar-refractivity contribution in [3.63, 3.8) is 0 Å². The first-order chi connectivity index (χ1) is 9.98. The van der Waals surface area contributed by atoms with Crippen LogP contribution in [0.2, 0.25) is 0 Å². The molecule has 2 N–H and O–H groups in total. The minimum Gasteiger partial charge on any atom is -0.747 e. The number of carbonyl (C=O) groups is 2. The van der Waals surface area contributed by atoms with E-state index in [2.05, 4.69) is 0 Å². The number of nitrogens with zero attached hydrogens (tertiary/aromatic N) is 1. The number of hydrogen-bond acceptors (Lipinski definition) is 7.